The lowest BCUT2D eigenvalue weighted by atomic mass is 9.64. The van der Waals surface area contributed by atoms with Crippen molar-refractivity contribution in [1.29, 1.82) is 0 Å². The monoisotopic (exact) mass is 224 g/mol. The molecule has 3 unspecified atom stereocenters. The largest absolute Gasteiger partial charge is 0.0651 e. The van der Waals surface area contributed by atoms with E-state index in [0.29, 0.717) is 0 Å². The fourth-order valence-corrected chi connectivity index (χ4v) is 3.87. The maximum absolute atomic E-state index is 2.46. The molecular formula is C16H32. The highest BCUT2D eigenvalue weighted by Gasteiger charge is 2.33. The predicted octanol–water partition coefficient (Wildman–Crippen LogP) is 5.52. The van der Waals surface area contributed by atoms with E-state index >= 15 is 0 Å². The van der Waals surface area contributed by atoms with E-state index in [-0.39, 0.29) is 0 Å². The van der Waals surface area contributed by atoms with Crippen LogP contribution in [0, 0.1) is 29.6 Å². The molecule has 0 bridgehead atoms. The molecule has 0 amide bonds. The molecule has 1 fully saturated rings. The summed E-state index contributed by atoms with van der Waals surface area (Å²) in [6.45, 7) is 12.0. The van der Waals surface area contributed by atoms with Crippen LogP contribution in [-0.2, 0) is 0 Å². The second-order valence-corrected chi connectivity index (χ2v) is 6.34. The summed E-state index contributed by atoms with van der Waals surface area (Å²) >= 11 is 0. The maximum Gasteiger partial charge on any atom is -0.0362 e. The normalized spacial score (nSPS) is 31.5. The Morgan fingerprint density at radius 3 is 2.06 bits per heavy atom. The highest BCUT2D eigenvalue weighted by molar-refractivity contribution is 4.83. The van der Waals surface area contributed by atoms with E-state index in [4.69, 9.17) is 0 Å². The van der Waals surface area contributed by atoms with Gasteiger partial charge in [-0.3, -0.25) is 0 Å². The minimum atomic E-state index is 0.945. The van der Waals surface area contributed by atoms with Crippen molar-refractivity contribution >= 4 is 0 Å². The van der Waals surface area contributed by atoms with Crippen LogP contribution < -0.4 is 0 Å². The molecule has 1 saturated carbocycles. The first kappa shape index (κ1) is 14.1. The van der Waals surface area contributed by atoms with Crippen LogP contribution in [0.4, 0.5) is 0 Å². The molecule has 0 aromatic rings. The molecule has 0 aliphatic heterocycles. The molecule has 0 aromatic carbocycles. The van der Waals surface area contributed by atoms with Gasteiger partial charge in [-0.1, -0.05) is 60.3 Å². The number of hydrogen-bond donors (Lipinski definition) is 0. The van der Waals surface area contributed by atoms with Crippen LogP contribution in [0.15, 0.2) is 0 Å². The zero-order valence-electron chi connectivity index (χ0n) is 12.1. The summed E-state index contributed by atoms with van der Waals surface area (Å²) in [6, 6.07) is 0. The van der Waals surface area contributed by atoms with Crippen molar-refractivity contribution in [1.82, 2.24) is 0 Å². The van der Waals surface area contributed by atoms with Crippen molar-refractivity contribution in [2.75, 3.05) is 0 Å². The quantitative estimate of drug-likeness (QED) is 0.534. The summed E-state index contributed by atoms with van der Waals surface area (Å²) in [4.78, 5) is 0. The Balaban J connectivity index is 2.14. The summed E-state index contributed by atoms with van der Waals surface area (Å²) in [5, 5.41) is 0. The Kier molecular flexibility index (Phi) is 5.86. The van der Waals surface area contributed by atoms with E-state index in [0.717, 1.165) is 29.6 Å². The Hall–Kier alpha value is 0. The van der Waals surface area contributed by atoms with Gasteiger partial charge in [0, 0.05) is 0 Å². The van der Waals surface area contributed by atoms with Crippen molar-refractivity contribution in [2.24, 2.45) is 29.6 Å². The van der Waals surface area contributed by atoms with Crippen molar-refractivity contribution in [3.8, 4) is 0 Å². The molecule has 0 aromatic heterocycles. The van der Waals surface area contributed by atoms with Gasteiger partial charge in [0.15, 0.2) is 0 Å². The molecule has 1 rings (SSSR count). The van der Waals surface area contributed by atoms with Crippen molar-refractivity contribution in [3.05, 3.63) is 0 Å². The number of hydrogen-bond acceptors (Lipinski definition) is 0. The minimum Gasteiger partial charge on any atom is -0.0651 e. The predicted molar refractivity (Wildman–Crippen MR) is 73.5 cm³/mol. The summed E-state index contributed by atoms with van der Waals surface area (Å²) < 4.78 is 0. The van der Waals surface area contributed by atoms with Crippen LogP contribution >= 0.6 is 0 Å². The van der Waals surface area contributed by atoms with Crippen LogP contribution in [0.5, 0.6) is 0 Å². The maximum atomic E-state index is 2.46. The first-order chi connectivity index (χ1) is 7.60. The van der Waals surface area contributed by atoms with Crippen LogP contribution in [0.1, 0.15) is 73.1 Å². The summed E-state index contributed by atoms with van der Waals surface area (Å²) in [6.07, 6.45) is 8.64. The molecule has 96 valence electrons. The Morgan fingerprint density at radius 2 is 1.62 bits per heavy atom. The van der Waals surface area contributed by atoms with Crippen LogP contribution in [0.25, 0.3) is 0 Å². The third-order valence-electron chi connectivity index (χ3n) is 5.26. The van der Waals surface area contributed by atoms with Crippen molar-refractivity contribution in [2.45, 2.75) is 73.1 Å². The molecule has 0 nitrogen and oxygen atoms in total. The zero-order chi connectivity index (χ0) is 12.1. The molecule has 0 heteroatoms. The molecule has 1 aliphatic rings. The second-order valence-electron chi connectivity index (χ2n) is 6.34. The SMILES string of the molecule is CCC(CC)C(C)CCCC1C(C)CC1C. The van der Waals surface area contributed by atoms with Gasteiger partial charge in [-0.25, -0.2) is 0 Å². The molecule has 0 spiro atoms. The average molecular weight is 224 g/mol. The van der Waals surface area contributed by atoms with E-state index in [1.807, 2.05) is 0 Å². The van der Waals surface area contributed by atoms with E-state index in [9.17, 15) is 0 Å². The van der Waals surface area contributed by atoms with E-state index in [2.05, 4.69) is 34.6 Å². The molecular weight excluding hydrogens is 192 g/mol. The van der Waals surface area contributed by atoms with E-state index in [1.165, 1.54) is 38.5 Å². The van der Waals surface area contributed by atoms with Gasteiger partial charge in [0.05, 0.1) is 0 Å². The lowest BCUT2D eigenvalue weighted by molar-refractivity contribution is 0.0873. The van der Waals surface area contributed by atoms with Crippen molar-refractivity contribution in [3.63, 3.8) is 0 Å². The van der Waals surface area contributed by atoms with Gasteiger partial charge < -0.3 is 0 Å². The number of rotatable bonds is 7. The standard InChI is InChI=1S/C16H32/c1-6-15(7-2)12(3)9-8-10-16-13(4)11-14(16)5/h12-16H,6-11H2,1-5H3. The van der Waals surface area contributed by atoms with Gasteiger partial charge in [0.25, 0.3) is 0 Å². The molecule has 0 N–H and O–H groups in total. The van der Waals surface area contributed by atoms with Crippen LogP contribution in [0.3, 0.4) is 0 Å². The lowest BCUT2D eigenvalue weighted by Crippen LogP contribution is -2.32. The first-order valence-electron chi connectivity index (χ1n) is 7.60. The Bertz CT molecular complexity index is 172. The molecule has 0 heterocycles. The van der Waals surface area contributed by atoms with E-state index in [1.54, 1.807) is 0 Å². The third kappa shape index (κ3) is 3.50. The average Bonchev–Trinajstić information content (AvgIpc) is 2.26. The smallest absolute Gasteiger partial charge is 0.0362 e. The molecule has 0 saturated heterocycles. The highest BCUT2D eigenvalue weighted by Crippen LogP contribution is 2.43. The van der Waals surface area contributed by atoms with Crippen LogP contribution in [0.2, 0.25) is 0 Å². The molecule has 3 atom stereocenters. The topological polar surface area (TPSA) is 0 Å². The molecule has 16 heavy (non-hydrogen) atoms. The first-order valence-corrected chi connectivity index (χ1v) is 7.60. The molecule has 0 radical (unpaired) electrons. The highest BCUT2D eigenvalue weighted by atomic mass is 14.4. The van der Waals surface area contributed by atoms with Crippen molar-refractivity contribution < 1.29 is 0 Å². The third-order valence-corrected chi connectivity index (χ3v) is 5.26. The fraction of sp³-hybridized carbons (Fsp3) is 1.00. The minimum absolute atomic E-state index is 0.945. The summed E-state index contributed by atoms with van der Waals surface area (Å²) in [5.41, 5.74) is 0. The Morgan fingerprint density at radius 1 is 1.06 bits per heavy atom. The zero-order valence-corrected chi connectivity index (χ0v) is 12.1. The van der Waals surface area contributed by atoms with Gasteiger partial charge in [-0.05, 0) is 42.4 Å². The van der Waals surface area contributed by atoms with Gasteiger partial charge in [-0.2, -0.15) is 0 Å². The Labute approximate surface area is 103 Å². The van der Waals surface area contributed by atoms with Gasteiger partial charge in [0.1, 0.15) is 0 Å². The van der Waals surface area contributed by atoms with Gasteiger partial charge >= 0.3 is 0 Å². The molecule has 1 aliphatic carbocycles. The van der Waals surface area contributed by atoms with Gasteiger partial charge in [0.2, 0.25) is 0 Å². The van der Waals surface area contributed by atoms with Crippen LogP contribution in [-0.4, -0.2) is 0 Å². The fourth-order valence-electron chi connectivity index (χ4n) is 3.87. The van der Waals surface area contributed by atoms with E-state index < -0.39 is 0 Å². The lowest BCUT2D eigenvalue weighted by Gasteiger charge is -2.41. The summed E-state index contributed by atoms with van der Waals surface area (Å²) in [5.74, 6) is 4.99. The van der Waals surface area contributed by atoms with Gasteiger partial charge in [-0.15, -0.1) is 0 Å². The second kappa shape index (κ2) is 6.67. The summed E-state index contributed by atoms with van der Waals surface area (Å²) in [7, 11) is 0.